The van der Waals surface area contributed by atoms with Crippen LogP contribution < -0.4 is 31.6 Å². The SMILES string of the molecule is CCCCN(P(c1cccc([Si](CCCC)(CCCC)CCCC)c1)c1ccccc1C(F)(F)F)P(c1cccc([Si](CCCC)(CCCC)CCCC)c1)c1ccccc1C(F)(F)F. The van der Waals surface area contributed by atoms with Crippen LogP contribution >= 0.6 is 16.1 Å². The van der Waals surface area contributed by atoms with E-state index in [1.165, 1.54) is 34.6 Å². The van der Waals surface area contributed by atoms with Crippen LogP contribution in [0.5, 0.6) is 0 Å². The number of hydrogen-bond acceptors (Lipinski definition) is 1. The van der Waals surface area contributed by atoms with Gasteiger partial charge in [-0.05, 0) is 29.2 Å². The van der Waals surface area contributed by atoms with Gasteiger partial charge in [-0.1, -0.05) is 264 Å². The Hall–Kier alpha value is -2.29. The maximum absolute atomic E-state index is 15.5. The van der Waals surface area contributed by atoms with Crippen molar-refractivity contribution in [3.8, 4) is 0 Å². The van der Waals surface area contributed by atoms with Crippen molar-refractivity contribution in [1.82, 2.24) is 4.44 Å². The molecule has 2 unspecified atom stereocenters. The number of halogens is 6. The molecule has 0 aromatic heterocycles. The third kappa shape index (κ3) is 14.9. The zero-order chi connectivity index (χ0) is 47.5. The molecule has 0 aliphatic carbocycles. The van der Waals surface area contributed by atoms with Gasteiger partial charge in [-0.25, -0.2) is 4.44 Å². The molecule has 11 heteroatoms. The van der Waals surface area contributed by atoms with E-state index in [2.05, 4.69) is 89.3 Å². The lowest BCUT2D eigenvalue weighted by Crippen LogP contribution is -2.49. The highest BCUT2D eigenvalue weighted by atomic mass is 31.2. The van der Waals surface area contributed by atoms with E-state index in [0.717, 1.165) is 130 Å². The molecule has 0 spiro atoms. The maximum Gasteiger partial charge on any atom is 0.417 e. The highest BCUT2D eigenvalue weighted by Gasteiger charge is 2.44. The first-order valence-corrected chi connectivity index (χ1v) is 32.9. The van der Waals surface area contributed by atoms with Gasteiger partial charge in [0.2, 0.25) is 0 Å². The number of benzene rings is 4. The normalized spacial score (nSPS) is 13.7. The minimum atomic E-state index is -4.66. The van der Waals surface area contributed by atoms with Crippen LogP contribution in [0, 0.1) is 0 Å². The van der Waals surface area contributed by atoms with Crippen LogP contribution in [0.1, 0.15) is 149 Å². The lowest BCUT2D eigenvalue weighted by atomic mass is 10.2. The molecule has 65 heavy (non-hydrogen) atoms. The predicted molar refractivity (Wildman–Crippen MR) is 279 cm³/mol. The molecular weight excluding hydrogens is 895 g/mol. The van der Waals surface area contributed by atoms with Crippen molar-refractivity contribution >= 4 is 63.9 Å². The summed E-state index contributed by atoms with van der Waals surface area (Å²) in [5, 5.41) is 4.51. The Labute approximate surface area is 394 Å². The van der Waals surface area contributed by atoms with Gasteiger partial charge in [0.25, 0.3) is 0 Å². The Morgan fingerprint density at radius 1 is 0.400 bits per heavy atom. The molecular formula is C54H79F6NP2Si2. The molecule has 0 radical (unpaired) electrons. The molecule has 0 bridgehead atoms. The van der Waals surface area contributed by atoms with Crippen LogP contribution in [0.4, 0.5) is 26.3 Å². The highest BCUT2D eigenvalue weighted by molar-refractivity contribution is 7.84. The van der Waals surface area contributed by atoms with Gasteiger partial charge < -0.3 is 0 Å². The Morgan fingerprint density at radius 2 is 0.708 bits per heavy atom. The number of rotatable bonds is 29. The summed E-state index contributed by atoms with van der Waals surface area (Å²) < 4.78 is 95.4. The van der Waals surface area contributed by atoms with Gasteiger partial charge in [0.15, 0.2) is 0 Å². The zero-order valence-corrected chi connectivity index (χ0v) is 44.5. The van der Waals surface area contributed by atoms with Crippen molar-refractivity contribution in [2.75, 3.05) is 6.54 Å². The van der Waals surface area contributed by atoms with Crippen molar-refractivity contribution in [3.05, 3.63) is 108 Å². The lowest BCUT2D eigenvalue weighted by Gasteiger charge is -2.42. The fourth-order valence-corrected chi connectivity index (χ4v) is 27.8. The zero-order valence-electron chi connectivity index (χ0n) is 40.7. The summed E-state index contributed by atoms with van der Waals surface area (Å²) in [5.74, 6) is 0. The summed E-state index contributed by atoms with van der Waals surface area (Å²) in [7, 11) is -8.30. The van der Waals surface area contributed by atoms with Gasteiger partial charge in [-0.3, -0.25) is 0 Å². The van der Waals surface area contributed by atoms with Crippen LogP contribution in [0.15, 0.2) is 97.1 Å². The van der Waals surface area contributed by atoms with Crippen molar-refractivity contribution in [2.24, 2.45) is 0 Å². The second-order valence-corrected chi connectivity index (χ2v) is 32.2. The van der Waals surface area contributed by atoms with E-state index >= 15 is 26.3 Å². The second-order valence-electron chi connectivity index (χ2n) is 18.4. The summed E-state index contributed by atoms with van der Waals surface area (Å²) in [6.45, 7) is 15.8. The molecule has 4 aromatic rings. The molecule has 360 valence electrons. The van der Waals surface area contributed by atoms with Crippen LogP contribution in [-0.4, -0.2) is 27.1 Å². The average Bonchev–Trinajstić information content (AvgIpc) is 3.30. The Bertz CT molecular complexity index is 1810. The number of nitrogens with zero attached hydrogens (tertiary/aromatic N) is 1. The third-order valence-electron chi connectivity index (χ3n) is 13.5. The molecule has 0 saturated heterocycles. The summed E-state index contributed by atoms with van der Waals surface area (Å²) in [4.78, 5) is 0. The monoisotopic (exact) mass is 974 g/mol. The molecule has 0 fully saturated rings. The Balaban J connectivity index is 2.21. The molecule has 4 rings (SSSR count). The molecule has 0 heterocycles. The Kier molecular flexibility index (Phi) is 23.0. The minimum Gasteiger partial charge on any atom is -0.245 e. The van der Waals surface area contributed by atoms with E-state index < -0.39 is 55.8 Å². The van der Waals surface area contributed by atoms with Crippen LogP contribution in [0.2, 0.25) is 36.3 Å². The molecule has 0 aliphatic rings. The van der Waals surface area contributed by atoms with E-state index in [1.54, 1.807) is 24.3 Å². The first kappa shape index (κ1) is 55.3. The summed E-state index contributed by atoms with van der Waals surface area (Å²) >= 11 is 0. The molecule has 0 amide bonds. The fraction of sp³-hybridized carbons (Fsp3) is 0.556. The average molecular weight is 974 g/mol. The van der Waals surface area contributed by atoms with E-state index in [9.17, 15) is 0 Å². The lowest BCUT2D eigenvalue weighted by molar-refractivity contribution is -0.137. The number of unbranched alkanes of at least 4 members (excludes halogenated alkanes) is 7. The van der Waals surface area contributed by atoms with Crippen molar-refractivity contribution in [1.29, 1.82) is 0 Å². The maximum atomic E-state index is 15.5. The fourth-order valence-electron chi connectivity index (χ4n) is 9.82. The molecule has 2 atom stereocenters. The standard InChI is InChI=1S/C54H79F6NP2Si2/c1-8-15-36-61(62(51-34-24-22-32-49(51)53(55,56)57)45-28-26-30-47(43-45)64(37-16-9-2,38-17-10-3)39-18-11-4)63(52-35-25-23-33-50(52)54(58,59)60)46-29-27-31-48(44-46)65(40-19-12-5,41-20-13-6)42-21-14-7/h22-35,43-44H,8-21,36-42H2,1-7H3. The van der Waals surface area contributed by atoms with Gasteiger partial charge in [-0.2, -0.15) is 26.3 Å². The third-order valence-corrected chi connectivity index (χ3v) is 30.1. The molecule has 0 aliphatic heterocycles. The quantitative estimate of drug-likeness (QED) is 0.0298. The largest absolute Gasteiger partial charge is 0.417 e. The van der Waals surface area contributed by atoms with E-state index in [-0.39, 0.29) is 10.6 Å². The van der Waals surface area contributed by atoms with Gasteiger partial charge in [0, 0.05) is 33.3 Å². The van der Waals surface area contributed by atoms with Crippen molar-refractivity contribution in [2.45, 2.75) is 187 Å². The van der Waals surface area contributed by atoms with Crippen LogP contribution in [-0.2, 0) is 12.4 Å². The van der Waals surface area contributed by atoms with Crippen LogP contribution in [0.3, 0.4) is 0 Å². The van der Waals surface area contributed by atoms with Gasteiger partial charge in [0.1, 0.15) is 0 Å². The first-order chi connectivity index (χ1) is 31.2. The minimum absolute atomic E-state index is 0.164. The van der Waals surface area contributed by atoms with Crippen molar-refractivity contribution < 1.29 is 26.3 Å². The topological polar surface area (TPSA) is 3.24 Å². The van der Waals surface area contributed by atoms with Crippen LogP contribution in [0.25, 0.3) is 0 Å². The molecule has 4 aromatic carbocycles. The molecule has 0 N–H and O–H groups in total. The first-order valence-electron chi connectivity index (χ1n) is 25.1. The molecule has 0 saturated carbocycles. The number of alkyl halides is 6. The summed E-state index contributed by atoms with van der Waals surface area (Å²) in [6, 6.07) is 35.7. The van der Waals surface area contributed by atoms with E-state index in [0.29, 0.717) is 13.0 Å². The molecule has 1 nitrogen and oxygen atoms in total. The highest BCUT2D eigenvalue weighted by Crippen LogP contribution is 2.57. The summed E-state index contributed by atoms with van der Waals surface area (Å²) in [5.41, 5.74) is -1.41. The Morgan fingerprint density at radius 3 is 1.00 bits per heavy atom. The second kappa shape index (κ2) is 27.0. The predicted octanol–water partition coefficient (Wildman–Crippen LogP) is 16.3. The number of hydrogen-bond donors (Lipinski definition) is 0. The van der Waals surface area contributed by atoms with Gasteiger partial charge in [0.05, 0.1) is 27.3 Å². The van der Waals surface area contributed by atoms with Gasteiger partial charge >= 0.3 is 12.4 Å². The van der Waals surface area contributed by atoms with E-state index in [1.807, 2.05) is 12.1 Å². The van der Waals surface area contributed by atoms with E-state index in [4.69, 9.17) is 0 Å². The van der Waals surface area contributed by atoms with Crippen molar-refractivity contribution in [3.63, 3.8) is 0 Å². The van der Waals surface area contributed by atoms with Gasteiger partial charge in [-0.15, -0.1) is 0 Å². The summed E-state index contributed by atoms with van der Waals surface area (Å²) in [6.07, 6.45) is 5.12. The smallest absolute Gasteiger partial charge is 0.245 e.